The largest absolute Gasteiger partial charge is 0.391 e. The number of β-amino-alcohol motifs (C(OH)–C–C–N with tert-alkyl or cyclic N) is 1. The molecule has 0 bridgehead atoms. The third kappa shape index (κ3) is 7.26. The summed E-state index contributed by atoms with van der Waals surface area (Å²) in [4.78, 5) is 30.1. The molecule has 1 spiro atoms. The van der Waals surface area contributed by atoms with Crippen molar-refractivity contribution in [3.05, 3.63) is 65.7 Å². The van der Waals surface area contributed by atoms with Crippen molar-refractivity contribution >= 4 is 34.5 Å². The van der Waals surface area contributed by atoms with Gasteiger partial charge in [0, 0.05) is 54.0 Å². The Bertz CT molecular complexity index is 1810. The minimum Gasteiger partial charge on any atom is -0.391 e. The smallest absolute Gasteiger partial charge is 0.339 e. The van der Waals surface area contributed by atoms with E-state index in [2.05, 4.69) is 63.3 Å². The number of hydrogen-bond donors (Lipinski definition) is 3. The topological polar surface area (TPSA) is 101 Å². The molecule has 0 unspecified atom stereocenters. The molecule has 0 radical (unpaired) electrons. The molecule has 3 aliphatic heterocycles. The van der Waals surface area contributed by atoms with Gasteiger partial charge in [-0.1, -0.05) is 38.1 Å². The average Bonchev–Trinajstić information content (AvgIpc) is 3.72. The number of H-pyrrole nitrogens is 1. The van der Waals surface area contributed by atoms with Crippen LogP contribution in [0.5, 0.6) is 0 Å². The van der Waals surface area contributed by atoms with Crippen molar-refractivity contribution in [3.8, 4) is 22.5 Å². The van der Waals surface area contributed by atoms with Crippen molar-refractivity contribution in [1.82, 2.24) is 30.1 Å². The predicted octanol–water partition coefficient (Wildman–Crippen LogP) is 7.17. The van der Waals surface area contributed by atoms with E-state index in [1.54, 1.807) is 4.90 Å². The first kappa shape index (κ1) is 34.9. The van der Waals surface area contributed by atoms with Gasteiger partial charge in [0.1, 0.15) is 17.8 Å². The van der Waals surface area contributed by atoms with Gasteiger partial charge < -0.3 is 25.2 Å². The number of piperidine rings is 2. The quantitative estimate of drug-likeness (QED) is 0.169. The third-order valence-electron chi connectivity index (χ3n) is 11.4. The highest BCUT2D eigenvalue weighted by Gasteiger charge is 2.37. The first-order chi connectivity index (χ1) is 24.1. The number of aliphatic hydroxyl groups excluding tert-OH is 1. The van der Waals surface area contributed by atoms with E-state index >= 15 is 4.39 Å². The van der Waals surface area contributed by atoms with Gasteiger partial charge in [-0.25, -0.2) is 23.6 Å². The van der Waals surface area contributed by atoms with Crippen LogP contribution >= 0.6 is 11.8 Å². The van der Waals surface area contributed by atoms with Crippen LogP contribution in [0.15, 0.2) is 48.8 Å². The van der Waals surface area contributed by atoms with Gasteiger partial charge in [0.15, 0.2) is 0 Å². The van der Waals surface area contributed by atoms with Crippen LogP contribution in [0.4, 0.5) is 14.9 Å². The number of aliphatic hydroxyl groups is 1. The summed E-state index contributed by atoms with van der Waals surface area (Å²) in [5.41, 5.74) is 6.36. The van der Waals surface area contributed by atoms with E-state index in [-0.39, 0.29) is 18.2 Å². The standard InChI is InChI=1S/C39H49ClFN7O2/c1-25(2)18-29-22-47(23-35(29)49)38(50)48(40)34-20-30(41)19-31(26(34)3)36-32-21-33(45-37(32)44-24-43-36)28-6-4-27(5-7-28)8-15-46-16-11-39(12-17-46)9-13-42-14-10-39/h4-7,19-21,24-25,29,35,42,49H,8-18,22-23H2,1-3H3,(H,43,44,45)/t29-,35-/m0/s1. The van der Waals surface area contributed by atoms with E-state index in [0.717, 1.165) is 40.4 Å². The number of anilines is 1. The van der Waals surface area contributed by atoms with Crippen molar-refractivity contribution in [1.29, 1.82) is 0 Å². The second-order valence-electron chi connectivity index (χ2n) is 15.2. The van der Waals surface area contributed by atoms with E-state index in [9.17, 15) is 9.90 Å². The molecule has 0 aliphatic carbocycles. The number of aromatic nitrogens is 3. The number of carbonyl (C=O) groups excluding carboxylic acids is 1. The molecule has 3 saturated heterocycles. The van der Waals surface area contributed by atoms with Crippen molar-refractivity contribution in [3.63, 3.8) is 0 Å². The number of urea groups is 1. The molecule has 2 aromatic carbocycles. The lowest BCUT2D eigenvalue weighted by atomic mass is 9.71. The maximum Gasteiger partial charge on any atom is 0.339 e. The van der Waals surface area contributed by atoms with Crippen LogP contribution in [0, 0.1) is 30.0 Å². The van der Waals surface area contributed by atoms with Crippen molar-refractivity contribution < 1.29 is 14.3 Å². The van der Waals surface area contributed by atoms with E-state index in [1.807, 2.05) is 13.0 Å². The zero-order valence-corrected chi connectivity index (χ0v) is 30.1. The maximum atomic E-state index is 15.2. The molecule has 50 heavy (non-hydrogen) atoms. The number of amides is 2. The Hall–Kier alpha value is -3.57. The van der Waals surface area contributed by atoms with Gasteiger partial charge in [-0.2, -0.15) is 0 Å². The number of carbonyl (C=O) groups is 1. The first-order valence-electron chi connectivity index (χ1n) is 18.2. The van der Waals surface area contributed by atoms with E-state index in [0.29, 0.717) is 40.3 Å². The summed E-state index contributed by atoms with van der Waals surface area (Å²) in [7, 11) is 0. The van der Waals surface area contributed by atoms with Crippen LogP contribution in [0.2, 0.25) is 0 Å². The van der Waals surface area contributed by atoms with E-state index in [4.69, 9.17) is 11.8 Å². The Kier molecular flexibility index (Phi) is 10.2. The van der Waals surface area contributed by atoms with Crippen LogP contribution in [-0.2, 0) is 6.42 Å². The van der Waals surface area contributed by atoms with E-state index < -0.39 is 18.0 Å². The molecule has 11 heteroatoms. The summed E-state index contributed by atoms with van der Waals surface area (Å²) in [6.07, 6.45) is 7.96. The number of halogens is 2. The molecule has 3 aliphatic rings. The molecule has 2 amide bonds. The number of benzene rings is 2. The van der Waals surface area contributed by atoms with E-state index in [1.165, 1.54) is 75.9 Å². The molecule has 4 aromatic rings. The molecule has 266 valence electrons. The minimum absolute atomic E-state index is 0.0201. The molecule has 2 aromatic heterocycles. The highest BCUT2D eigenvalue weighted by Crippen LogP contribution is 2.40. The Morgan fingerprint density at radius 1 is 1.08 bits per heavy atom. The average molecular weight is 702 g/mol. The molecule has 5 heterocycles. The zero-order chi connectivity index (χ0) is 35.0. The summed E-state index contributed by atoms with van der Waals surface area (Å²) >= 11 is 6.64. The molecule has 3 N–H and O–H groups in total. The fourth-order valence-electron chi connectivity index (χ4n) is 8.35. The van der Waals surface area contributed by atoms with Crippen LogP contribution in [0.25, 0.3) is 33.5 Å². The van der Waals surface area contributed by atoms with Gasteiger partial charge in [0.25, 0.3) is 0 Å². The second-order valence-corrected chi connectivity index (χ2v) is 15.6. The number of fused-ring (bicyclic) bond motifs is 1. The maximum absolute atomic E-state index is 15.2. The highest BCUT2D eigenvalue weighted by atomic mass is 35.5. The van der Waals surface area contributed by atoms with Crippen molar-refractivity contribution in [2.75, 3.05) is 50.2 Å². The Morgan fingerprint density at radius 3 is 2.54 bits per heavy atom. The van der Waals surface area contributed by atoms with Crippen LogP contribution in [-0.4, -0.2) is 87.8 Å². The predicted molar refractivity (Wildman–Crippen MR) is 198 cm³/mol. The molecular formula is C39H49ClFN7O2. The molecular weight excluding hydrogens is 653 g/mol. The third-order valence-corrected chi connectivity index (χ3v) is 11.7. The SMILES string of the molecule is Cc1c(-c2ncnc3[nH]c(-c4ccc(CCN5CCC6(CCNCC6)CC5)cc4)cc23)cc(F)cc1N(Cl)C(=O)N1C[C@H](CC(C)C)[C@@H](O)C1. The summed E-state index contributed by atoms with van der Waals surface area (Å²) in [6.45, 7) is 12.4. The number of rotatable bonds is 8. The number of nitrogens with one attached hydrogen (secondary N) is 2. The number of nitrogens with zero attached hydrogens (tertiary/aromatic N) is 5. The van der Waals surface area contributed by atoms with Gasteiger partial charge in [-0.15, -0.1) is 0 Å². The van der Waals surface area contributed by atoms with Gasteiger partial charge in [-0.3, -0.25) is 0 Å². The lowest BCUT2D eigenvalue weighted by Gasteiger charge is -2.44. The van der Waals surface area contributed by atoms with Gasteiger partial charge in [0.2, 0.25) is 0 Å². The fraction of sp³-hybridized carbons (Fsp3) is 0.513. The molecule has 9 nitrogen and oxygen atoms in total. The Labute approximate surface area is 299 Å². The Morgan fingerprint density at radius 2 is 1.82 bits per heavy atom. The van der Waals surface area contributed by atoms with Crippen LogP contribution < -0.4 is 9.74 Å². The summed E-state index contributed by atoms with van der Waals surface area (Å²) in [5, 5.41) is 14.8. The number of likely N-dealkylation sites (tertiary alicyclic amines) is 2. The number of hydrogen-bond acceptors (Lipinski definition) is 6. The van der Waals surface area contributed by atoms with Gasteiger partial charge in [-0.05, 0) is 118 Å². The first-order valence-corrected chi connectivity index (χ1v) is 18.5. The van der Waals surface area contributed by atoms with Crippen LogP contribution in [0.3, 0.4) is 0 Å². The van der Waals surface area contributed by atoms with Crippen molar-refractivity contribution in [2.24, 2.45) is 17.3 Å². The zero-order valence-electron chi connectivity index (χ0n) is 29.4. The second kappa shape index (κ2) is 14.6. The molecule has 0 saturated carbocycles. The lowest BCUT2D eigenvalue weighted by molar-refractivity contribution is 0.0746. The van der Waals surface area contributed by atoms with Crippen LogP contribution in [0.1, 0.15) is 57.1 Å². The normalized spacial score (nSPS) is 21.1. The minimum atomic E-state index is -0.615. The number of aromatic amines is 1. The summed E-state index contributed by atoms with van der Waals surface area (Å²) in [5.74, 6) is -0.162. The molecule has 3 fully saturated rings. The van der Waals surface area contributed by atoms with Gasteiger partial charge >= 0.3 is 6.03 Å². The summed E-state index contributed by atoms with van der Waals surface area (Å²) in [6, 6.07) is 12.9. The Balaban J connectivity index is 1.06. The molecule has 7 rings (SSSR count). The van der Waals surface area contributed by atoms with Gasteiger partial charge in [0.05, 0.1) is 17.5 Å². The fourth-order valence-corrected chi connectivity index (χ4v) is 8.63. The summed E-state index contributed by atoms with van der Waals surface area (Å²) < 4.78 is 16.2. The molecule has 2 atom stereocenters. The van der Waals surface area contributed by atoms with Crippen molar-refractivity contribution in [2.45, 2.75) is 65.4 Å². The lowest BCUT2D eigenvalue weighted by Crippen LogP contribution is -2.45. The monoisotopic (exact) mass is 701 g/mol. The highest BCUT2D eigenvalue weighted by molar-refractivity contribution is 6.36.